The number of hydrogen-bond donors (Lipinski definition) is 0. The minimum Gasteiger partial charge on any atom is -0.493 e. The van der Waals surface area contributed by atoms with Gasteiger partial charge >= 0.3 is 12.6 Å². The average molecular weight is 384 g/mol. The topological polar surface area (TPSA) is 92.9 Å². The molecule has 0 saturated heterocycles. The van der Waals surface area contributed by atoms with E-state index in [1.54, 1.807) is 6.92 Å². The number of methoxy groups -OCH3 is 1. The first kappa shape index (κ1) is 20.3. The van der Waals surface area contributed by atoms with Gasteiger partial charge in [0.15, 0.2) is 24.2 Å². The standard InChI is InChI=1S/C17H18F2N2O6/c1-4-7-24-10(2)16(22)25-9-14-20-15(21-27-14)11-5-6-12(26-17(18)19)13(8-11)23-3/h4-6,8,10,17H,1,7,9H2,2-3H3. The number of nitrogens with zero attached hydrogens (tertiary/aromatic N) is 2. The van der Waals surface area contributed by atoms with Crippen LogP contribution in [0.5, 0.6) is 11.5 Å². The number of halogens is 2. The van der Waals surface area contributed by atoms with Gasteiger partial charge in [-0.2, -0.15) is 13.8 Å². The van der Waals surface area contributed by atoms with E-state index < -0.39 is 18.7 Å². The highest BCUT2D eigenvalue weighted by Crippen LogP contribution is 2.32. The van der Waals surface area contributed by atoms with Crippen molar-refractivity contribution in [2.45, 2.75) is 26.2 Å². The van der Waals surface area contributed by atoms with Crippen LogP contribution in [0.1, 0.15) is 12.8 Å². The van der Waals surface area contributed by atoms with E-state index >= 15 is 0 Å². The lowest BCUT2D eigenvalue weighted by Gasteiger charge is -2.10. The Bertz CT molecular complexity index is 781. The highest BCUT2D eigenvalue weighted by Gasteiger charge is 2.18. The Morgan fingerprint density at radius 3 is 2.81 bits per heavy atom. The molecule has 0 amide bonds. The number of aromatic nitrogens is 2. The molecule has 0 saturated carbocycles. The van der Waals surface area contributed by atoms with E-state index in [1.807, 2.05) is 0 Å². The first-order valence-corrected chi connectivity index (χ1v) is 7.79. The molecule has 27 heavy (non-hydrogen) atoms. The summed E-state index contributed by atoms with van der Waals surface area (Å²) in [4.78, 5) is 15.8. The van der Waals surface area contributed by atoms with Crippen LogP contribution in [0.4, 0.5) is 8.78 Å². The van der Waals surface area contributed by atoms with Crippen molar-refractivity contribution in [3.63, 3.8) is 0 Å². The van der Waals surface area contributed by atoms with Crippen molar-refractivity contribution in [3.8, 4) is 22.9 Å². The van der Waals surface area contributed by atoms with Crippen LogP contribution in [0.3, 0.4) is 0 Å². The molecule has 1 heterocycles. The summed E-state index contributed by atoms with van der Waals surface area (Å²) in [5, 5.41) is 3.76. The lowest BCUT2D eigenvalue weighted by molar-refractivity contribution is -0.157. The minimum absolute atomic E-state index is 0.0566. The summed E-state index contributed by atoms with van der Waals surface area (Å²) in [6.07, 6.45) is 0.747. The van der Waals surface area contributed by atoms with Crippen LogP contribution in [0.15, 0.2) is 35.4 Å². The predicted molar refractivity (Wildman–Crippen MR) is 88.3 cm³/mol. The third kappa shape index (κ3) is 5.74. The van der Waals surface area contributed by atoms with Crippen molar-refractivity contribution in [2.24, 2.45) is 0 Å². The van der Waals surface area contributed by atoms with Crippen LogP contribution >= 0.6 is 0 Å². The fourth-order valence-electron chi connectivity index (χ4n) is 1.96. The molecule has 0 aliphatic heterocycles. The van der Waals surface area contributed by atoms with Gasteiger partial charge < -0.3 is 23.5 Å². The zero-order chi connectivity index (χ0) is 19.8. The van der Waals surface area contributed by atoms with Gasteiger partial charge in [-0.15, -0.1) is 6.58 Å². The normalized spacial score (nSPS) is 11.9. The summed E-state index contributed by atoms with van der Waals surface area (Å²) in [5.74, 6) is -0.409. The van der Waals surface area contributed by atoms with Crippen molar-refractivity contribution in [1.82, 2.24) is 10.1 Å². The van der Waals surface area contributed by atoms with Crippen molar-refractivity contribution < 1.29 is 37.0 Å². The zero-order valence-corrected chi connectivity index (χ0v) is 14.7. The third-order valence-corrected chi connectivity index (χ3v) is 3.24. The first-order chi connectivity index (χ1) is 12.9. The Morgan fingerprint density at radius 1 is 1.37 bits per heavy atom. The second-order valence-electron chi connectivity index (χ2n) is 5.13. The zero-order valence-electron chi connectivity index (χ0n) is 14.7. The average Bonchev–Trinajstić information content (AvgIpc) is 3.13. The summed E-state index contributed by atoms with van der Waals surface area (Å²) in [6.45, 7) is 2.03. The van der Waals surface area contributed by atoms with Gasteiger partial charge in [-0.25, -0.2) is 4.79 Å². The van der Waals surface area contributed by atoms with Gasteiger partial charge in [0, 0.05) is 5.56 Å². The van der Waals surface area contributed by atoms with Gasteiger partial charge in [-0.3, -0.25) is 0 Å². The lowest BCUT2D eigenvalue weighted by Crippen LogP contribution is -2.23. The molecule has 2 rings (SSSR count). The number of ether oxygens (including phenoxy) is 4. The lowest BCUT2D eigenvalue weighted by atomic mass is 10.2. The minimum atomic E-state index is -2.98. The number of hydrogen-bond acceptors (Lipinski definition) is 8. The molecule has 2 aromatic rings. The molecule has 0 radical (unpaired) electrons. The maximum absolute atomic E-state index is 12.4. The smallest absolute Gasteiger partial charge is 0.387 e. The number of esters is 1. The fraction of sp³-hybridized carbons (Fsp3) is 0.353. The van der Waals surface area contributed by atoms with Gasteiger partial charge in [0.05, 0.1) is 13.7 Å². The van der Waals surface area contributed by atoms with Crippen molar-refractivity contribution in [1.29, 1.82) is 0 Å². The number of carbonyl (C=O) groups is 1. The quantitative estimate of drug-likeness (QED) is 0.456. The molecule has 10 heteroatoms. The third-order valence-electron chi connectivity index (χ3n) is 3.24. The van der Waals surface area contributed by atoms with E-state index in [0.717, 1.165) is 0 Å². The van der Waals surface area contributed by atoms with Crippen molar-refractivity contribution in [3.05, 3.63) is 36.7 Å². The van der Waals surface area contributed by atoms with Crippen LogP contribution < -0.4 is 9.47 Å². The fourth-order valence-corrected chi connectivity index (χ4v) is 1.96. The molecular weight excluding hydrogens is 366 g/mol. The Balaban J connectivity index is 2.02. The SMILES string of the molecule is C=CCOC(C)C(=O)OCc1nc(-c2ccc(OC(F)F)c(OC)c2)no1. The van der Waals surface area contributed by atoms with E-state index in [9.17, 15) is 13.6 Å². The molecule has 1 aromatic carbocycles. The number of alkyl halides is 2. The summed E-state index contributed by atoms with van der Waals surface area (Å²) in [5.41, 5.74) is 0.442. The Morgan fingerprint density at radius 2 is 2.15 bits per heavy atom. The monoisotopic (exact) mass is 384 g/mol. The number of rotatable bonds is 10. The highest BCUT2D eigenvalue weighted by atomic mass is 19.3. The summed E-state index contributed by atoms with van der Waals surface area (Å²) >= 11 is 0. The molecule has 146 valence electrons. The van der Waals surface area contributed by atoms with Crippen LogP contribution in [0.25, 0.3) is 11.4 Å². The van der Waals surface area contributed by atoms with E-state index in [2.05, 4.69) is 21.5 Å². The molecule has 0 fully saturated rings. The summed E-state index contributed by atoms with van der Waals surface area (Å²) in [7, 11) is 1.31. The van der Waals surface area contributed by atoms with E-state index in [1.165, 1.54) is 31.4 Å². The van der Waals surface area contributed by atoms with Crippen LogP contribution in [0.2, 0.25) is 0 Å². The van der Waals surface area contributed by atoms with Crippen LogP contribution in [0, 0.1) is 0 Å². The van der Waals surface area contributed by atoms with Gasteiger partial charge in [-0.05, 0) is 25.1 Å². The van der Waals surface area contributed by atoms with E-state index in [0.29, 0.717) is 5.56 Å². The first-order valence-electron chi connectivity index (χ1n) is 7.79. The van der Waals surface area contributed by atoms with E-state index in [4.69, 9.17) is 18.7 Å². The van der Waals surface area contributed by atoms with Gasteiger partial charge in [-0.1, -0.05) is 11.2 Å². The summed E-state index contributed by atoms with van der Waals surface area (Å²) in [6, 6.07) is 4.19. The molecule has 0 N–H and O–H groups in total. The molecule has 0 bridgehead atoms. The molecule has 1 atom stereocenters. The predicted octanol–water partition coefficient (Wildman–Crippen LogP) is 2.98. The maximum Gasteiger partial charge on any atom is 0.387 e. The number of benzene rings is 1. The van der Waals surface area contributed by atoms with Gasteiger partial charge in [0.1, 0.15) is 0 Å². The second-order valence-corrected chi connectivity index (χ2v) is 5.13. The molecule has 0 aliphatic rings. The molecule has 0 aliphatic carbocycles. The Kier molecular flexibility index (Phi) is 7.24. The van der Waals surface area contributed by atoms with Gasteiger partial charge in [0.2, 0.25) is 5.82 Å². The maximum atomic E-state index is 12.4. The molecule has 1 unspecified atom stereocenters. The molecular formula is C17H18F2N2O6. The largest absolute Gasteiger partial charge is 0.493 e. The highest BCUT2D eigenvalue weighted by molar-refractivity contribution is 5.74. The molecule has 0 spiro atoms. The van der Waals surface area contributed by atoms with E-state index in [-0.39, 0.29) is 36.4 Å². The molecule has 1 aromatic heterocycles. The summed E-state index contributed by atoms with van der Waals surface area (Å²) < 4.78 is 49.3. The Hall–Kier alpha value is -3.01. The van der Waals surface area contributed by atoms with Crippen LogP contribution in [-0.2, 0) is 20.9 Å². The van der Waals surface area contributed by atoms with Gasteiger partial charge in [0.25, 0.3) is 5.89 Å². The van der Waals surface area contributed by atoms with Crippen LogP contribution in [-0.4, -0.2) is 42.5 Å². The number of carbonyl (C=O) groups excluding carboxylic acids is 1. The molecule has 8 nitrogen and oxygen atoms in total. The Labute approximate surface area is 153 Å². The second kappa shape index (κ2) is 9.62. The van der Waals surface area contributed by atoms with Crippen molar-refractivity contribution in [2.75, 3.05) is 13.7 Å². The van der Waals surface area contributed by atoms with Crippen molar-refractivity contribution >= 4 is 5.97 Å².